The van der Waals surface area contributed by atoms with Crippen LogP contribution in [-0.2, 0) is 11.2 Å². The summed E-state index contributed by atoms with van der Waals surface area (Å²) in [6, 6.07) is 1.81. The third kappa shape index (κ3) is 3.20. The molecule has 0 radical (unpaired) electrons. The maximum Gasteiger partial charge on any atom is 0.327 e. The Bertz CT molecular complexity index is 434. The van der Waals surface area contributed by atoms with E-state index in [-0.39, 0.29) is 5.91 Å². The predicted octanol–water partition coefficient (Wildman–Crippen LogP) is 1.60. The molecule has 1 aromatic rings. The summed E-state index contributed by atoms with van der Waals surface area (Å²) in [6.07, 6.45) is 3.23. The molecule has 1 amide bonds. The van der Waals surface area contributed by atoms with Crippen LogP contribution < -0.4 is 5.32 Å². The number of carboxylic acid groups (broad SMARTS) is 1. The van der Waals surface area contributed by atoms with Gasteiger partial charge in [0, 0.05) is 24.4 Å². The summed E-state index contributed by atoms with van der Waals surface area (Å²) in [5.41, 5.74) is 1.01. The highest BCUT2D eigenvalue weighted by Gasteiger charge is 2.09. The first-order valence-electron chi connectivity index (χ1n) is 4.75. The number of carbonyl (C=O) groups excluding carboxylic acids is 1. The number of rotatable bonds is 4. The van der Waals surface area contributed by atoms with Gasteiger partial charge >= 0.3 is 5.97 Å². The number of carbonyl (C=O) groups is 2. The second kappa shape index (κ2) is 5.46. The summed E-state index contributed by atoms with van der Waals surface area (Å²) >= 11 is 1.39. The van der Waals surface area contributed by atoms with E-state index in [1.54, 1.807) is 13.1 Å². The van der Waals surface area contributed by atoms with Gasteiger partial charge in [-0.15, -0.1) is 11.3 Å². The van der Waals surface area contributed by atoms with Crippen LogP contribution in [0.1, 0.15) is 20.1 Å². The number of carboxylic acids is 1. The standard InChI is InChI=1S/C11H13NO3S/c1-7-6-9(11(15)12-2)16-8(7)4-3-5-10(13)14/h3,5-6H,4H2,1-2H3,(H,12,15)(H,13,14)/b5-3+. The Morgan fingerprint density at radius 2 is 2.25 bits per heavy atom. The van der Waals surface area contributed by atoms with Gasteiger partial charge in [0.05, 0.1) is 4.88 Å². The van der Waals surface area contributed by atoms with Crippen LogP contribution in [0.5, 0.6) is 0 Å². The summed E-state index contributed by atoms with van der Waals surface area (Å²) < 4.78 is 0. The van der Waals surface area contributed by atoms with Crippen molar-refractivity contribution in [3.05, 3.63) is 33.5 Å². The molecule has 0 aromatic carbocycles. The zero-order valence-electron chi connectivity index (χ0n) is 9.11. The zero-order valence-corrected chi connectivity index (χ0v) is 9.93. The van der Waals surface area contributed by atoms with Gasteiger partial charge in [-0.05, 0) is 18.6 Å². The molecule has 86 valence electrons. The molecular formula is C11H13NO3S. The molecule has 1 aromatic heterocycles. The number of allylic oxidation sites excluding steroid dienone is 1. The van der Waals surface area contributed by atoms with Crippen LogP contribution in [0.15, 0.2) is 18.2 Å². The molecule has 2 N–H and O–H groups in total. The van der Waals surface area contributed by atoms with E-state index in [0.717, 1.165) is 16.5 Å². The molecule has 5 heteroatoms. The van der Waals surface area contributed by atoms with Crippen LogP contribution in [0.4, 0.5) is 0 Å². The Balaban J connectivity index is 2.78. The smallest absolute Gasteiger partial charge is 0.327 e. The van der Waals surface area contributed by atoms with Crippen LogP contribution in [0.3, 0.4) is 0 Å². The van der Waals surface area contributed by atoms with Crippen LogP contribution in [0.25, 0.3) is 0 Å². The SMILES string of the molecule is CNC(=O)c1cc(C)c(C/C=C/C(=O)O)s1. The number of aryl methyl sites for hydroxylation is 1. The van der Waals surface area contributed by atoms with Crippen LogP contribution in [0, 0.1) is 6.92 Å². The Morgan fingerprint density at radius 1 is 1.56 bits per heavy atom. The van der Waals surface area contributed by atoms with Crippen molar-refractivity contribution in [3.63, 3.8) is 0 Å². The molecule has 0 spiro atoms. The maximum atomic E-state index is 11.3. The highest BCUT2D eigenvalue weighted by molar-refractivity contribution is 7.14. The monoisotopic (exact) mass is 239 g/mol. The van der Waals surface area contributed by atoms with Crippen molar-refractivity contribution < 1.29 is 14.7 Å². The lowest BCUT2D eigenvalue weighted by molar-refractivity contribution is -0.131. The van der Waals surface area contributed by atoms with Crippen molar-refractivity contribution in [3.8, 4) is 0 Å². The lowest BCUT2D eigenvalue weighted by Crippen LogP contribution is -2.16. The summed E-state index contributed by atoms with van der Waals surface area (Å²) in [5.74, 6) is -1.07. The quantitative estimate of drug-likeness (QED) is 0.784. The van der Waals surface area contributed by atoms with Crippen LogP contribution in [0.2, 0.25) is 0 Å². The summed E-state index contributed by atoms with van der Waals surface area (Å²) in [4.78, 5) is 23.3. The number of thiophene rings is 1. The zero-order chi connectivity index (χ0) is 12.1. The van der Waals surface area contributed by atoms with E-state index in [1.165, 1.54) is 11.3 Å². The molecule has 0 saturated heterocycles. The first kappa shape index (κ1) is 12.4. The van der Waals surface area contributed by atoms with E-state index >= 15 is 0 Å². The van der Waals surface area contributed by atoms with E-state index in [1.807, 2.05) is 13.0 Å². The van der Waals surface area contributed by atoms with Crippen molar-refractivity contribution in [1.82, 2.24) is 5.32 Å². The minimum atomic E-state index is -0.958. The lowest BCUT2D eigenvalue weighted by Gasteiger charge is -1.92. The number of hydrogen-bond acceptors (Lipinski definition) is 3. The molecule has 0 atom stereocenters. The highest BCUT2D eigenvalue weighted by Crippen LogP contribution is 2.22. The molecule has 0 aliphatic carbocycles. The minimum absolute atomic E-state index is 0.110. The predicted molar refractivity (Wildman–Crippen MR) is 62.9 cm³/mol. The second-order valence-corrected chi connectivity index (χ2v) is 4.38. The fourth-order valence-electron chi connectivity index (χ4n) is 1.22. The Hall–Kier alpha value is -1.62. The molecule has 16 heavy (non-hydrogen) atoms. The molecule has 1 heterocycles. The first-order valence-corrected chi connectivity index (χ1v) is 5.57. The number of aliphatic carboxylic acids is 1. The summed E-state index contributed by atoms with van der Waals surface area (Å²) in [6.45, 7) is 1.91. The average molecular weight is 239 g/mol. The minimum Gasteiger partial charge on any atom is -0.478 e. The second-order valence-electron chi connectivity index (χ2n) is 3.24. The Morgan fingerprint density at radius 3 is 2.81 bits per heavy atom. The van der Waals surface area contributed by atoms with E-state index in [0.29, 0.717) is 11.3 Å². The Labute approximate surface area is 97.6 Å². The van der Waals surface area contributed by atoms with Gasteiger partial charge in [-0.25, -0.2) is 4.79 Å². The third-order valence-corrected chi connectivity index (χ3v) is 3.29. The Kier molecular flexibility index (Phi) is 4.25. The largest absolute Gasteiger partial charge is 0.478 e. The molecule has 0 aliphatic heterocycles. The van der Waals surface area contributed by atoms with E-state index in [9.17, 15) is 9.59 Å². The average Bonchev–Trinajstić information content (AvgIpc) is 2.59. The van der Waals surface area contributed by atoms with E-state index in [2.05, 4.69) is 5.32 Å². The van der Waals surface area contributed by atoms with Gasteiger partial charge in [-0.2, -0.15) is 0 Å². The number of nitrogens with one attached hydrogen (secondary N) is 1. The van der Waals surface area contributed by atoms with Crippen LogP contribution in [-0.4, -0.2) is 24.0 Å². The topological polar surface area (TPSA) is 66.4 Å². The van der Waals surface area contributed by atoms with Crippen molar-refractivity contribution in [1.29, 1.82) is 0 Å². The first-order chi connectivity index (χ1) is 7.54. The molecule has 4 nitrogen and oxygen atoms in total. The molecule has 0 fully saturated rings. The number of hydrogen-bond donors (Lipinski definition) is 2. The van der Waals surface area contributed by atoms with Crippen molar-refractivity contribution in [2.75, 3.05) is 7.05 Å². The van der Waals surface area contributed by atoms with Gasteiger partial charge in [-0.1, -0.05) is 6.08 Å². The van der Waals surface area contributed by atoms with Gasteiger partial charge < -0.3 is 10.4 Å². The molecule has 0 aliphatic rings. The fraction of sp³-hybridized carbons (Fsp3) is 0.273. The third-order valence-electron chi connectivity index (χ3n) is 2.04. The lowest BCUT2D eigenvalue weighted by atomic mass is 10.2. The van der Waals surface area contributed by atoms with Gasteiger partial charge in [0.1, 0.15) is 0 Å². The van der Waals surface area contributed by atoms with Gasteiger partial charge in [0.25, 0.3) is 5.91 Å². The summed E-state index contributed by atoms with van der Waals surface area (Å²) in [5, 5.41) is 11.0. The number of amides is 1. The van der Waals surface area contributed by atoms with Crippen molar-refractivity contribution in [2.24, 2.45) is 0 Å². The van der Waals surface area contributed by atoms with Gasteiger partial charge in [0.15, 0.2) is 0 Å². The van der Waals surface area contributed by atoms with E-state index in [4.69, 9.17) is 5.11 Å². The van der Waals surface area contributed by atoms with Gasteiger partial charge in [-0.3, -0.25) is 4.79 Å². The maximum absolute atomic E-state index is 11.3. The molecule has 0 bridgehead atoms. The van der Waals surface area contributed by atoms with Crippen molar-refractivity contribution >= 4 is 23.2 Å². The van der Waals surface area contributed by atoms with Gasteiger partial charge in [0.2, 0.25) is 0 Å². The normalized spacial score (nSPS) is 10.6. The molecular weight excluding hydrogens is 226 g/mol. The van der Waals surface area contributed by atoms with Crippen LogP contribution >= 0.6 is 11.3 Å². The molecule has 1 rings (SSSR count). The fourth-order valence-corrected chi connectivity index (χ4v) is 2.32. The van der Waals surface area contributed by atoms with Crippen molar-refractivity contribution in [2.45, 2.75) is 13.3 Å². The highest BCUT2D eigenvalue weighted by atomic mass is 32.1. The molecule has 0 unspecified atom stereocenters. The molecule has 0 saturated carbocycles. The summed E-state index contributed by atoms with van der Waals surface area (Å²) in [7, 11) is 1.58. The van der Waals surface area contributed by atoms with E-state index < -0.39 is 5.97 Å².